The average Bonchev–Trinajstić information content (AvgIpc) is 2.59. The largest absolute Gasteiger partial charge is 0.349 e. The van der Waals surface area contributed by atoms with Crippen LogP contribution in [0.5, 0.6) is 0 Å². The number of carbonyl (C=O) groups is 1. The fourth-order valence-corrected chi connectivity index (χ4v) is 3.13. The summed E-state index contributed by atoms with van der Waals surface area (Å²) in [6, 6.07) is 0.301. The van der Waals surface area contributed by atoms with Gasteiger partial charge in [0.1, 0.15) is 0 Å². The maximum Gasteiger partial charge on any atom is 0.255 e. The van der Waals surface area contributed by atoms with Crippen molar-refractivity contribution in [3.8, 4) is 0 Å². The van der Waals surface area contributed by atoms with Gasteiger partial charge in [-0.15, -0.1) is 0 Å². The second-order valence-corrected chi connectivity index (χ2v) is 6.02. The van der Waals surface area contributed by atoms with Gasteiger partial charge in [-0.25, -0.2) is 0 Å². The Bertz CT molecular complexity index is 478. The third-order valence-corrected chi connectivity index (χ3v) is 4.76. The number of nitrogens with one attached hydrogen (secondary N) is 1. The fraction of sp³-hybridized carbons (Fsp3) is 0.733. The van der Waals surface area contributed by atoms with E-state index in [1.54, 1.807) is 4.68 Å². The molecule has 0 aliphatic heterocycles. The number of aromatic nitrogens is 2. The normalized spacial score (nSPS) is 27.3. The standard InChI is InChI=1S/C15H25N3O/c1-9-7-6-8-13(10(9)2)16-15(19)14-11(3)17-18(5)12(14)4/h9-10,13H,6-8H2,1-5H3,(H,16,19)/t9-,10+,13+/m0/s1. The van der Waals surface area contributed by atoms with Crippen molar-refractivity contribution in [3.63, 3.8) is 0 Å². The molecule has 4 heteroatoms. The first-order valence-electron chi connectivity index (χ1n) is 7.23. The van der Waals surface area contributed by atoms with Crippen LogP contribution in [0.2, 0.25) is 0 Å². The van der Waals surface area contributed by atoms with E-state index in [0.717, 1.165) is 23.4 Å². The molecule has 0 bridgehead atoms. The van der Waals surface area contributed by atoms with E-state index in [0.29, 0.717) is 17.9 Å². The molecule has 0 saturated heterocycles. The number of hydrogen-bond acceptors (Lipinski definition) is 2. The minimum Gasteiger partial charge on any atom is -0.349 e. The predicted octanol–water partition coefficient (Wildman–Crippen LogP) is 2.59. The minimum absolute atomic E-state index is 0.0362. The van der Waals surface area contributed by atoms with E-state index in [4.69, 9.17) is 0 Å². The first kappa shape index (κ1) is 14.1. The van der Waals surface area contributed by atoms with Crippen LogP contribution in [0.1, 0.15) is 54.9 Å². The predicted molar refractivity (Wildman–Crippen MR) is 76.1 cm³/mol. The summed E-state index contributed by atoms with van der Waals surface area (Å²) in [5.41, 5.74) is 2.49. The summed E-state index contributed by atoms with van der Waals surface area (Å²) in [7, 11) is 1.88. The van der Waals surface area contributed by atoms with Gasteiger partial charge in [0, 0.05) is 18.8 Å². The van der Waals surface area contributed by atoms with Crippen molar-refractivity contribution in [1.82, 2.24) is 15.1 Å². The zero-order valence-corrected chi connectivity index (χ0v) is 12.7. The third-order valence-electron chi connectivity index (χ3n) is 4.76. The molecular weight excluding hydrogens is 238 g/mol. The minimum atomic E-state index is 0.0362. The zero-order chi connectivity index (χ0) is 14.2. The average molecular weight is 263 g/mol. The number of aryl methyl sites for hydroxylation is 2. The Morgan fingerprint density at radius 3 is 2.58 bits per heavy atom. The zero-order valence-electron chi connectivity index (χ0n) is 12.7. The van der Waals surface area contributed by atoms with Crippen LogP contribution in [-0.4, -0.2) is 21.7 Å². The monoisotopic (exact) mass is 263 g/mol. The van der Waals surface area contributed by atoms with E-state index in [1.165, 1.54) is 12.8 Å². The van der Waals surface area contributed by atoms with Gasteiger partial charge >= 0.3 is 0 Å². The maximum absolute atomic E-state index is 12.5. The smallest absolute Gasteiger partial charge is 0.255 e. The van der Waals surface area contributed by atoms with E-state index in [-0.39, 0.29) is 5.91 Å². The summed E-state index contributed by atoms with van der Waals surface area (Å²) >= 11 is 0. The lowest BCUT2D eigenvalue weighted by Gasteiger charge is -2.34. The molecule has 1 amide bonds. The third kappa shape index (κ3) is 2.67. The molecular formula is C15H25N3O. The summed E-state index contributed by atoms with van der Waals surface area (Å²) in [6.45, 7) is 8.37. The Morgan fingerprint density at radius 2 is 2.00 bits per heavy atom. The topological polar surface area (TPSA) is 46.9 Å². The van der Waals surface area contributed by atoms with Crippen LogP contribution < -0.4 is 5.32 Å². The summed E-state index contributed by atoms with van der Waals surface area (Å²) in [4.78, 5) is 12.5. The molecule has 1 N–H and O–H groups in total. The van der Waals surface area contributed by atoms with Crippen LogP contribution in [0.4, 0.5) is 0 Å². The molecule has 1 aromatic rings. The highest BCUT2D eigenvalue weighted by molar-refractivity contribution is 5.96. The van der Waals surface area contributed by atoms with Crippen molar-refractivity contribution < 1.29 is 4.79 Å². The highest BCUT2D eigenvalue weighted by atomic mass is 16.1. The van der Waals surface area contributed by atoms with Crippen LogP contribution >= 0.6 is 0 Å². The van der Waals surface area contributed by atoms with Crippen LogP contribution in [-0.2, 0) is 7.05 Å². The molecule has 19 heavy (non-hydrogen) atoms. The highest BCUT2D eigenvalue weighted by Crippen LogP contribution is 2.29. The van der Waals surface area contributed by atoms with Crippen molar-refractivity contribution in [1.29, 1.82) is 0 Å². The molecule has 1 aliphatic rings. The summed E-state index contributed by atoms with van der Waals surface area (Å²) < 4.78 is 1.77. The van der Waals surface area contributed by atoms with Gasteiger partial charge in [0.2, 0.25) is 0 Å². The Kier molecular flexibility index (Phi) is 3.97. The molecule has 1 saturated carbocycles. The Hall–Kier alpha value is -1.32. The van der Waals surface area contributed by atoms with Crippen molar-refractivity contribution in [2.75, 3.05) is 0 Å². The molecule has 0 spiro atoms. The lowest BCUT2D eigenvalue weighted by molar-refractivity contribution is 0.0889. The van der Waals surface area contributed by atoms with Crippen LogP contribution in [0.15, 0.2) is 0 Å². The molecule has 1 heterocycles. The molecule has 3 atom stereocenters. The van der Waals surface area contributed by atoms with Gasteiger partial charge in [-0.2, -0.15) is 5.10 Å². The van der Waals surface area contributed by atoms with Crippen molar-refractivity contribution in [2.24, 2.45) is 18.9 Å². The lowest BCUT2D eigenvalue weighted by Crippen LogP contribution is -2.44. The Labute approximate surface area is 115 Å². The second-order valence-electron chi connectivity index (χ2n) is 6.02. The molecule has 0 unspecified atom stereocenters. The molecule has 1 fully saturated rings. The van der Waals surface area contributed by atoms with Gasteiger partial charge in [0.05, 0.1) is 11.3 Å². The summed E-state index contributed by atoms with van der Waals surface area (Å²) in [5, 5.41) is 7.53. The molecule has 106 valence electrons. The highest BCUT2D eigenvalue weighted by Gasteiger charge is 2.29. The van der Waals surface area contributed by atoms with Gasteiger partial charge in [-0.1, -0.05) is 26.7 Å². The van der Waals surface area contributed by atoms with Crippen LogP contribution in [0, 0.1) is 25.7 Å². The van der Waals surface area contributed by atoms with E-state index in [9.17, 15) is 4.79 Å². The molecule has 2 rings (SSSR count). The SMILES string of the molecule is Cc1nn(C)c(C)c1C(=O)N[C@@H]1CCC[C@H](C)[C@H]1C. The van der Waals surface area contributed by atoms with E-state index < -0.39 is 0 Å². The molecule has 1 aromatic heterocycles. The van der Waals surface area contributed by atoms with Gasteiger partial charge in [0.15, 0.2) is 0 Å². The molecule has 4 nitrogen and oxygen atoms in total. The van der Waals surface area contributed by atoms with Gasteiger partial charge in [-0.05, 0) is 32.1 Å². The first-order valence-corrected chi connectivity index (χ1v) is 7.23. The summed E-state index contributed by atoms with van der Waals surface area (Å²) in [5.74, 6) is 1.28. The Balaban J connectivity index is 2.12. The first-order chi connectivity index (χ1) is 8.91. The van der Waals surface area contributed by atoms with Crippen molar-refractivity contribution in [3.05, 3.63) is 17.0 Å². The summed E-state index contributed by atoms with van der Waals surface area (Å²) in [6.07, 6.45) is 3.58. The molecule has 0 radical (unpaired) electrons. The number of rotatable bonds is 2. The van der Waals surface area contributed by atoms with E-state index in [2.05, 4.69) is 24.3 Å². The van der Waals surface area contributed by atoms with Crippen LogP contribution in [0.25, 0.3) is 0 Å². The maximum atomic E-state index is 12.5. The number of carbonyl (C=O) groups excluding carboxylic acids is 1. The number of hydrogen-bond donors (Lipinski definition) is 1. The number of amides is 1. The van der Waals surface area contributed by atoms with E-state index in [1.807, 2.05) is 20.9 Å². The van der Waals surface area contributed by atoms with Crippen LogP contribution in [0.3, 0.4) is 0 Å². The Morgan fingerprint density at radius 1 is 1.32 bits per heavy atom. The number of nitrogens with zero attached hydrogens (tertiary/aromatic N) is 2. The molecule has 0 aromatic carbocycles. The van der Waals surface area contributed by atoms with Gasteiger partial charge < -0.3 is 5.32 Å². The van der Waals surface area contributed by atoms with Crippen molar-refractivity contribution in [2.45, 2.75) is 53.0 Å². The van der Waals surface area contributed by atoms with Gasteiger partial charge in [-0.3, -0.25) is 9.48 Å². The lowest BCUT2D eigenvalue weighted by atomic mass is 9.78. The van der Waals surface area contributed by atoms with Gasteiger partial charge in [0.25, 0.3) is 5.91 Å². The quantitative estimate of drug-likeness (QED) is 0.891. The molecule has 1 aliphatic carbocycles. The fourth-order valence-electron chi connectivity index (χ4n) is 3.13. The van der Waals surface area contributed by atoms with E-state index >= 15 is 0 Å². The second kappa shape index (κ2) is 5.35. The van der Waals surface area contributed by atoms with Crippen molar-refractivity contribution >= 4 is 5.91 Å².